The van der Waals surface area contributed by atoms with Gasteiger partial charge in [-0.1, -0.05) is 23.2 Å². The Kier molecular flexibility index (Phi) is 6.63. The number of phenols is 1. The first kappa shape index (κ1) is 21.4. The van der Waals surface area contributed by atoms with E-state index in [0.29, 0.717) is 0 Å². The predicted octanol–water partition coefficient (Wildman–Crippen LogP) is 1.98. The average Bonchev–Trinajstić information content (AvgIpc) is 2.62. The van der Waals surface area contributed by atoms with Crippen LogP contribution in [0.1, 0.15) is 11.7 Å². The Labute approximate surface area is 164 Å². The van der Waals surface area contributed by atoms with Crippen LogP contribution < -0.4 is 4.72 Å². The standard InChI is InChI=1S/C15H14Cl2N2O7S/c16-9-5-11(17)15(22)13(6-9)27(25,26)18-12(7-20)14(21)8-1-3-10(4-2-8)19(23)24/h1-6,12,14,18,20-22H,7H2/t12-,14+/m0/s1. The summed E-state index contributed by atoms with van der Waals surface area (Å²) in [6.07, 6.45) is -1.53. The lowest BCUT2D eigenvalue weighted by atomic mass is 10.0. The summed E-state index contributed by atoms with van der Waals surface area (Å²) in [6.45, 7) is -0.799. The molecule has 2 rings (SSSR count). The van der Waals surface area contributed by atoms with Crippen LogP contribution in [-0.4, -0.2) is 41.3 Å². The molecule has 0 bridgehead atoms. The van der Waals surface area contributed by atoms with Crippen molar-refractivity contribution in [2.24, 2.45) is 0 Å². The summed E-state index contributed by atoms with van der Waals surface area (Å²) < 4.78 is 27.1. The van der Waals surface area contributed by atoms with Gasteiger partial charge in [0.15, 0.2) is 5.75 Å². The van der Waals surface area contributed by atoms with Crippen molar-refractivity contribution in [2.45, 2.75) is 17.0 Å². The first-order valence-corrected chi connectivity index (χ1v) is 9.54. The fraction of sp³-hybridized carbons (Fsp3) is 0.200. The third kappa shape index (κ3) is 4.86. The van der Waals surface area contributed by atoms with Crippen LogP contribution in [0.4, 0.5) is 5.69 Å². The van der Waals surface area contributed by atoms with E-state index in [9.17, 15) is 33.9 Å². The van der Waals surface area contributed by atoms with E-state index >= 15 is 0 Å². The number of sulfonamides is 1. The second kappa shape index (κ2) is 8.38. The summed E-state index contributed by atoms with van der Waals surface area (Å²) in [6, 6.07) is 5.41. The summed E-state index contributed by atoms with van der Waals surface area (Å²) in [5.74, 6) is -0.741. The molecule has 0 amide bonds. The molecule has 9 nitrogen and oxygen atoms in total. The normalized spacial score (nSPS) is 13.9. The lowest BCUT2D eigenvalue weighted by Crippen LogP contribution is -2.41. The number of aliphatic hydroxyl groups is 2. The molecule has 12 heteroatoms. The number of nitro groups is 1. The molecule has 0 spiro atoms. The maximum atomic E-state index is 12.5. The van der Waals surface area contributed by atoms with Gasteiger partial charge in [-0.25, -0.2) is 13.1 Å². The number of phenolic OH excluding ortho intramolecular Hbond substituents is 1. The minimum atomic E-state index is -4.42. The van der Waals surface area contributed by atoms with Crippen LogP contribution in [-0.2, 0) is 10.0 Å². The summed E-state index contributed by atoms with van der Waals surface area (Å²) in [5, 5.41) is 40.0. The number of nitrogens with zero attached hydrogens (tertiary/aromatic N) is 1. The van der Waals surface area contributed by atoms with Gasteiger partial charge in [0, 0.05) is 17.2 Å². The summed E-state index contributed by atoms with van der Waals surface area (Å²) in [4.78, 5) is 9.41. The van der Waals surface area contributed by atoms with Gasteiger partial charge < -0.3 is 15.3 Å². The minimum Gasteiger partial charge on any atom is -0.505 e. The smallest absolute Gasteiger partial charge is 0.269 e. The molecule has 0 heterocycles. The van der Waals surface area contributed by atoms with Gasteiger partial charge in [0.1, 0.15) is 4.90 Å². The second-order valence-electron chi connectivity index (χ2n) is 5.44. The number of rotatable bonds is 7. The third-order valence-electron chi connectivity index (χ3n) is 3.61. The molecule has 0 saturated carbocycles. The number of aromatic hydroxyl groups is 1. The van der Waals surface area contributed by atoms with Crippen molar-refractivity contribution in [1.82, 2.24) is 4.72 Å². The molecule has 0 radical (unpaired) electrons. The molecular weight excluding hydrogens is 423 g/mol. The Bertz CT molecular complexity index is 951. The van der Waals surface area contributed by atoms with Crippen molar-refractivity contribution in [3.05, 3.63) is 62.1 Å². The minimum absolute atomic E-state index is 0.0466. The maximum Gasteiger partial charge on any atom is 0.269 e. The fourth-order valence-corrected chi connectivity index (χ4v) is 4.23. The number of hydrogen-bond donors (Lipinski definition) is 4. The zero-order valence-electron chi connectivity index (χ0n) is 13.4. The maximum absolute atomic E-state index is 12.5. The van der Waals surface area contributed by atoms with Crippen LogP contribution in [0.2, 0.25) is 10.0 Å². The molecule has 27 heavy (non-hydrogen) atoms. The zero-order chi connectivity index (χ0) is 20.4. The summed E-state index contributed by atoms with van der Waals surface area (Å²) in [5.41, 5.74) is -0.0822. The molecular formula is C15H14Cl2N2O7S. The van der Waals surface area contributed by atoms with E-state index in [2.05, 4.69) is 4.72 Å². The number of non-ortho nitro benzene ring substituents is 1. The summed E-state index contributed by atoms with van der Waals surface area (Å²) >= 11 is 11.5. The van der Waals surface area contributed by atoms with E-state index in [0.717, 1.165) is 24.3 Å². The number of nitrogens with one attached hydrogen (secondary N) is 1. The van der Waals surface area contributed by atoms with Gasteiger partial charge in [-0.15, -0.1) is 0 Å². The molecule has 0 unspecified atom stereocenters. The van der Waals surface area contributed by atoms with Crippen LogP contribution in [0, 0.1) is 10.1 Å². The van der Waals surface area contributed by atoms with Gasteiger partial charge in [0.2, 0.25) is 10.0 Å². The SMILES string of the molecule is O=[N+]([O-])c1ccc([C@@H](O)[C@H](CO)NS(=O)(=O)c2cc(Cl)cc(Cl)c2O)cc1. The number of hydrogen-bond acceptors (Lipinski definition) is 7. The largest absolute Gasteiger partial charge is 0.505 e. The molecule has 0 aliphatic heterocycles. The van der Waals surface area contributed by atoms with Gasteiger partial charge >= 0.3 is 0 Å². The third-order valence-corrected chi connectivity index (χ3v) is 5.62. The van der Waals surface area contributed by atoms with Crippen LogP contribution >= 0.6 is 23.2 Å². The van der Waals surface area contributed by atoms with Gasteiger partial charge in [-0.05, 0) is 29.8 Å². The highest BCUT2D eigenvalue weighted by Gasteiger charge is 2.29. The van der Waals surface area contributed by atoms with Crippen LogP contribution in [0.15, 0.2) is 41.3 Å². The van der Waals surface area contributed by atoms with E-state index in [1.807, 2.05) is 0 Å². The zero-order valence-corrected chi connectivity index (χ0v) is 15.7. The predicted molar refractivity (Wildman–Crippen MR) is 97.4 cm³/mol. The number of halogens is 2. The van der Waals surface area contributed by atoms with Crippen molar-refractivity contribution >= 4 is 38.9 Å². The van der Waals surface area contributed by atoms with Crippen molar-refractivity contribution in [1.29, 1.82) is 0 Å². The number of nitro benzene ring substituents is 1. The molecule has 2 atom stereocenters. The van der Waals surface area contributed by atoms with Crippen molar-refractivity contribution in [3.63, 3.8) is 0 Å². The van der Waals surface area contributed by atoms with Crippen LogP contribution in [0.3, 0.4) is 0 Å². The van der Waals surface area contributed by atoms with E-state index in [-0.39, 0.29) is 21.3 Å². The molecule has 0 fully saturated rings. The topological polar surface area (TPSA) is 150 Å². The molecule has 4 N–H and O–H groups in total. The number of benzene rings is 2. The molecule has 0 aromatic heterocycles. The highest BCUT2D eigenvalue weighted by atomic mass is 35.5. The van der Waals surface area contributed by atoms with Crippen molar-refractivity contribution in [3.8, 4) is 5.75 Å². The molecule has 2 aromatic carbocycles. The highest BCUT2D eigenvalue weighted by Crippen LogP contribution is 2.34. The van der Waals surface area contributed by atoms with Gasteiger partial charge in [-0.2, -0.15) is 0 Å². The highest BCUT2D eigenvalue weighted by molar-refractivity contribution is 7.89. The van der Waals surface area contributed by atoms with Gasteiger partial charge in [0.25, 0.3) is 5.69 Å². The van der Waals surface area contributed by atoms with E-state index in [4.69, 9.17) is 23.2 Å². The van der Waals surface area contributed by atoms with E-state index in [1.165, 1.54) is 12.1 Å². The first-order valence-electron chi connectivity index (χ1n) is 7.30. The first-order chi connectivity index (χ1) is 12.6. The van der Waals surface area contributed by atoms with Crippen LogP contribution in [0.25, 0.3) is 0 Å². The quantitative estimate of drug-likeness (QED) is 0.382. The molecule has 0 saturated heterocycles. The Morgan fingerprint density at radius 2 is 1.78 bits per heavy atom. The second-order valence-corrected chi connectivity index (χ2v) is 7.96. The lowest BCUT2D eigenvalue weighted by Gasteiger charge is -2.23. The lowest BCUT2D eigenvalue weighted by molar-refractivity contribution is -0.384. The van der Waals surface area contributed by atoms with Crippen molar-refractivity contribution in [2.75, 3.05) is 6.61 Å². The Morgan fingerprint density at radius 3 is 2.30 bits per heavy atom. The average molecular weight is 437 g/mol. The van der Waals surface area contributed by atoms with Crippen LogP contribution in [0.5, 0.6) is 5.75 Å². The molecule has 2 aromatic rings. The summed E-state index contributed by atoms with van der Waals surface area (Å²) in [7, 11) is -4.42. The monoisotopic (exact) mass is 436 g/mol. The van der Waals surface area contributed by atoms with E-state index in [1.54, 1.807) is 0 Å². The molecule has 0 aliphatic carbocycles. The van der Waals surface area contributed by atoms with Gasteiger partial charge in [-0.3, -0.25) is 10.1 Å². The van der Waals surface area contributed by atoms with E-state index < -0.39 is 44.3 Å². The fourth-order valence-electron chi connectivity index (χ4n) is 2.24. The number of aliphatic hydroxyl groups excluding tert-OH is 2. The molecule has 0 aliphatic rings. The van der Waals surface area contributed by atoms with Crippen molar-refractivity contribution < 1.29 is 28.7 Å². The Morgan fingerprint density at radius 1 is 1.19 bits per heavy atom. The Hall–Kier alpha value is -1.95. The molecule has 146 valence electrons. The van der Waals surface area contributed by atoms with Gasteiger partial charge in [0.05, 0.1) is 28.7 Å². The Balaban J connectivity index is 2.31.